The zero-order chi connectivity index (χ0) is 11.3. The molecular formula is C10H14BrNO3. The summed E-state index contributed by atoms with van der Waals surface area (Å²) in [4.78, 5) is 13.5. The van der Waals surface area contributed by atoms with E-state index < -0.39 is 0 Å². The van der Waals surface area contributed by atoms with E-state index in [0.717, 1.165) is 0 Å². The Morgan fingerprint density at radius 3 is 2.80 bits per heavy atom. The lowest BCUT2D eigenvalue weighted by molar-refractivity contribution is 0.0674. The van der Waals surface area contributed by atoms with Crippen LogP contribution in [0.25, 0.3) is 0 Å². The van der Waals surface area contributed by atoms with Crippen molar-refractivity contribution in [1.82, 2.24) is 4.90 Å². The van der Waals surface area contributed by atoms with Crippen molar-refractivity contribution >= 4 is 21.8 Å². The molecule has 1 aromatic heterocycles. The molecule has 0 aromatic carbocycles. The van der Waals surface area contributed by atoms with Gasteiger partial charge in [0.15, 0.2) is 10.4 Å². The third kappa shape index (κ3) is 3.35. The highest BCUT2D eigenvalue weighted by Gasteiger charge is 2.16. The second-order valence-corrected chi connectivity index (χ2v) is 3.76. The van der Waals surface area contributed by atoms with Crippen molar-refractivity contribution in [2.75, 3.05) is 26.8 Å². The van der Waals surface area contributed by atoms with E-state index in [1.807, 2.05) is 6.92 Å². The van der Waals surface area contributed by atoms with E-state index in [1.165, 1.54) is 0 Å². The summed E-state index contributed by atoms with van der Waals surface area (Å²) in [6, 6.07) is 3.36. The molecule has 0 fully saturated rings. The van der Waals surface area contributed by atoms with E-state index in [2.05, 4.69) is 15.9 Å². The number of furan rings is 1. The van der Waals surface area contributed by atoms with E-state index in [0.29, 0.717) is 30.1 Å². The number of hydrogen-bond acceptors (Lipinski definition) is 3. The summed E-state index contributed by atoms with van der Waals surface area (Å²) in [5, 5.41) is 0. The SMILES string of the molecule is CCN(CCOC)C(=O)c1ccc(Br)o1. The lowest BCUT2D eigenvalue weighted by Crippen LogP contribution is -2.33. The molecular weight excluding hydrogens is 262 g/mol. The summed E-state index contributed by atoms with van der Waals surface area (Å²) in [6.07, 6.45) is 0. The number of nitrogens with zero attached hydrogens (tertiary/aromatic N) is 1. The fraction of sp³-hybridized carbons (Fsp3) is 0.500. The summed E-state index contributed by atoms with van der Waals surface area (Å²) in [6.45, 7) is 3.66. The van der Waals surface area contributed by atoms with Gasteiger partial charge in [-0.15, -0.1) is 0 Å². The van der Waals surface area contributed by atoms with Gasteiger partial charge in [0.25, 0.3) is 5.91 Å². The predicted molar refractivity (Wildman–Crippen MR) is 59.9 cm³/mol. The maximum atomic E-state index is 11.9. The maximum Gasteiger partial charge on any atom is 0.289 e. The molecule has 0 saturated carbocycles. The summed E-state index contributed by atoms with van der Waals surface area (Å²) in [5.74, 6) is 0.236. The Bertz CT molecular complexity index is 324. The first-order valence-electron chi connectivity index (χ1n) is 4.72. The topological polar surface area (TPSA) is 42.7 Å². The van der Waals surface area contributed by atoms with Crippen molar-refractivity contribution < 1.29 is 13.9 Å². The molecule has 0 aliphatic rings. The number of amides is 1. The van der Waals surface area contributed by atoms with Crippen LogP contribution in [0.5, 0.6) is 0 Å². The number of carbonyl (C=O) groups excluding carboxylic acids is 1. The Morgan fingerprint density at radius 1 is 1.60 bits per heavy atom. The van der Waals surface area contributed by atoms with Crippen molar-refractivity contribution in [2.45, 2.75) is 6.92 Å². The Kier molecular flexibility index (Phi) is 4.84. The molecule has 0 N–H and O–H groups in total. The monoisotopic (exact) mass is 275 g/mol. The molecule has 0 radical (unpaired) electrons. The average molecular weight is 276 g/mol. The molecule has 0 saturated heterocycles. The van der Waals surface area contributed by atoms with Gasteiger partial charge in [0.2, 0.25) is 0 Å². The lowest BCUT2D eigenvalue weighted by atomic mass is 10.3. The number of hydrogen-bond donors (Lipinski definition) is 0. The van der Waals surface area contributed by atoms with Gasteiger partial charge >= 0.3 is 0 Å². The fourth-order valence-electron chi connectivity index (χ4n) is 1.19. The molecule has 1 aromatic rings. The number of ether oxygens (including phenoxy) is 1. The molecule has 1 rings (SSSR count). The highest BCUT2D eigenvalue weighted by Crippen LogP contribution is 2.15. The molecule has 0 bridgehead atoms. The van der Waals surface area contributed by atoms with Gasteiger partial charge in [0.05, 0.1) is 6.61 Å². The standard InChI is InChI=1S/C10H14BrNO3/c1-3-12(6-7-14-2)10(13)8-4-5-9(11)15-8/h4-5H,3,6-7H2,1-2H3. The minimum Gasteiger partial charge on any atom is -0.444 e. The van der Waals surface area contributed by atoms with E-state index >= 15 is 0 Å². The molecule has 0 spiro atoms. The summed E-state index contributed by atoms with van der Waals surface area (Å²) in [7, 11) is 1.61. The minimum absolute atomic E-state index is 0.111. The molecule has 0 aliphatic heterocycles. The zero-order valence-electron chi connectivity index (χ0n) is 8.83. The third-order valence-electron chi connectivity index (χ3n) is 2.02. The predicted octanol–water partition coefficient (Wildman–Crippen LogP) is 2.15. The quantitative estimate of drug-likeness (QED) is 0.827. The number of methoxy groups -OCH3 is 1. The van der Waals surface area contributed by atoms with Crippen molar-refractivity contribution in [3.8, 4) is 0 Å². The highest BCUT2D eigenvalue weighted by molar-refractivity contribution is 9.10. The molecule has 0 unspecified atom stereocenters. The van der Waals surface area contributed by atoms with Crippen LogP contribution in [-0.2, 0) is 4.74 Å². The average Bonchev–Trinajstić information content (AvgIpc) is 2.65. The van der Waals surface area contributed by atoms with Crippen LogP contribution < -0.4 is 0 Å². The smallest absolute Gasteiger partial charge is 0.289 e. The first kappa shape index (κ1) is 12.3. The summed E-state index contributed by atoms with van der Waals surface area (Å²) >= 11 is 3.16. The molecule has 1 amide bonds. The van der Waals surface area contributed by atoms with Crippen LogP contribution in [-0.4, -0.2) is 37.6 Å². The van der Waals surface area contributed by atoms with E-state index in [-0.39, 0.29) is 5.91 Å². The lowest BCUT2D eigenvalue weighted by Gasteiger charge is -2.18. The summed E-state index contributed by atoms with van der Waals surface area (Å²) in [5.41, 5.74) is 0. The Hall–Kier alpha value is -0.810. The first-order chi connectivity index (χ1) is 7.19. The largest absolute Gasteiger partial charge is 0.444 e. The fourth-order valence-corrected chi connectivity index (χ4v) is 1.50. The van der Waals surface area contributed by atoms with E-state index in [1.54, 1.807) is 24.1 Å². The number of halogens is 1. The third-order valence-corrected chi connectivity index (χ3v) is 2.44. The van der Waals surface area contributed by atoms with Crippen LogP contribution in [0.2, 0.25) is 0 Å². The van der Waals surface area contributed by atoms with Crippen LogP contribution in [0.3, 0.4) is 0 Å². The van der Waals surface area contributed by atoms with Crippen LogP contribution in [0.4, 0.5) is 0 Å². The van der Waals surface area contributed by atoms with E-state index in [4.69, 9.17) is 9.15 Å². The van der Waals surface area contributed by atoms with Gasteiger partial charge in [0.1, 0.15) is 0 Å². The van der Waals surface area contributed by atoms with Gasteiger partial charge in [-0.25, -0.2) is 0 Å². The van der Waals surface area contributed by atoms with Crippen molar-refractivity contribution in [2.24, 2.45) is 0 Å². The number of likely N-dealkylation sites (N-methyl/N-ethyl adjacent to an activating group) is 1. The number of carbonyl (C=O) groups is 1. The van der Waals surface area contributed by atoms with Gasteiger partial charge in [-0.2, -0.15) is 0 Å². The zero-order valence-corrected chi connectivity index (χ0v) is 10.4. The molecule has 1 heterocycles. The van der Waals surface area contributed by atoms with Crippen molar-refractivity contribution in [1.29, 1.82) is 0 Å². The molecule has 84 valence electrons. The van der Waals surface area contributed by atoms with Crippen LogP contribution in [0, 0.1) is 0 Å². The second-order valence-electron chi connectivity index (χ2n) is 2.98. The molecule has 5 heteroatoms. The van der Waals surface area contributed by atoms with Crippen LogP contribution in [0.15, 0.2) is 21.2 Å². The van der Waals surface area contributed by atoms with Gasteiger partial charge in [-0.1, -0.05) is 0 Å². The van der Waals surface area contributed by atoms with Gasteiger partial charge < -0.3 is 14.1 Å². The second kappa shape index (κ2) is 5.92. The Labute approximate surface area is 97.3 Å². The Balaban J connectivity index is 2.64. The number of rotatable bonds is 5. The minimum atomic E-state index is -0.111. The molecule has 15 heavy (non-hydrogen) atoms. The molecule has 0 atom stereocenters. The highest BCUT2D eigenvalue weighted by atomic mass is 79.9. The van der Waals surface area contributed by atoms with Gasteiger partial charge in [0, 0.05) is 20.2 Å². The van der Waals surface area contributed by atoms with Gasteiger partial charge in [-0.05, 0) is 35.0 Å². The Morgan fingerprint density at radius 2 is 2.33 bits per heavy atom. The normalized spacial score (nSPS) is 10.3. The first-order valence-corrected chi connectivity index (χ1v) is 5.52. The van der Waals surface area contributed by atoms with Crippen molar-refractivity contribution in [3.05, 3.63) is 22.6 Å². The van der Waals surface area contributed by atoms with Gasteiger partial charge in [-0.3, -0.25) is 4.79 Å². The van der Waals surface area contributed by atoms with Crippen molar-refractivity contribution in [3.63, 3.8) is 0 Å². The molecule has 0 aliphatic carbocycles. The maximum absolute atomic E-state index is 11.9. The van der Waals surface area contributed by atoms with E-state index in [9.17, 15) is 4.79 Å². The van der Waals surface area contributed by atoms with Crippen LogP contribution in [0.1, 0.15) is 17.5 Å². The molecule has 4 nitrogen and oxygen atoms in total. The summed E-state index contributed by atoms with van der Waals surface area (Å²) < 4.78 is 10.7. The van der Waals surface area contributed by atoms with Crippen LogP contribution >= 0.6 is 15.9 Å².